The van der Waals surface area contributed by atoms with Crippen molar-refractivity contribution in [3.05, 3.63) is 0 Å². The highest BCUT2D eigenvalue weighted by molar-refractivity contribution is 5.76. The van der Waals surface area contributed by atoms with Crippen molar-refractivity contribution in [2.75, 3.05) is 19.7 Å². The average Bonchev–Trinajstić information content (AvgIpc) is 2.73. The Morgan fingerprint density at radius 3 is 2.69 bits per heavy atom. The maximum atomic E-state index is 11.4. The number of nitrogens with one attached hydrogen (secondary N) is 2. The molecule has 2 rings (SSSR count). The summed E-state index contributed by atoms with van der Waals surface area (Å²) in [6.45, 7) is 3.69. The Hall–Kier alpha value is -0.650. The lowest BCUT2D eigenvalue weighted by atomic mass is 10.0. The van der Waals surface area contributed by atoms with E-state index in [1.54, 1.807) is 0 Å². The van der Waals surface area contributed by atoms with Crippen LogP contribution in [0.2, 0.25) is 0 Å². The fourth-order valence-corrected chi connectivity index (χ4v) is 2.00. The van der Waals surface area contributed by atoms with Crippen molar-refractivity contribution in [3.63, 3.8) is 0 Å². The van der Waals surface area contributed by atoms with Gasteiger partial charge < -0.3 is 10.1 Å². The lowest BCUT2D eigenvalue weighted by molar-refractivity contribution is -0.151. The second-order valence-corrected chi connectivity index (χ2v) is 4.89. The van der Waals surface area contributed by atoms with Crippen LogP contribution in [0, 0.1) is 0 Å². The van der Waals surface area contributed by atoms with E-state index >= 15 is 0 Å². The lowest BCUT2D eigenvalue weighted by Gasteiger charge is -2.38. The van der Waals surface area contributed by atoms with Crippen molar-refractivity contribution in [2.24, 2.45) is 0 Å². The van der Waals surface area contributed by atoms with Gasteiger partial charge in [-0.3, -0.25) is 9.63 Å². The quantitative estimate of drug-likeness (QED) is 0.667. The van der Waals surface area contributed by atoms with Crippen LogP contribution >= 0.6 is 0 Å². The molecule has 16 heavy (non-hydrogen) atoms. The largest absolute Gasteiger partial charge is 0.363 e. The molecule has 0 spiro atoms. The normalized spacial score (nSPS) is 24.1. The van der Waals surface area contributed by atoms with E-state index in [-0.39, 0.29) is 24.2 Å². The lowest BCUT2D eigenvalue weighted by Crippen LogP contribution is -2.59. The number of amides is 1. The number of carbonyl (C=O) groups excluding carboxylic acids is 1. The maximum absolute atomic E-state index is 11.4. The second-order valence-electron chi connectivity index (χ2n) is 4.89. The van der Waals surface area contributed by atoms with Gasteiger partial charge in [0.25, 0.3) is 5.91 Å². The van der Waals surface area contributed by atoms with Gasteiger partial charge in [0.1, 0.15) is 6.61 Å². The average molecular weight is 228 g/mol. The summed E-state index contributed by atoms with van der Waals surface area (Å²) in [7, 11) is 0. The number of rotatable bonds is 5. The number of hydroxylamine groups is 1. The van der Waals surface area contributed by atoms with Crippen molar-refractivity contribution < 1.29 is 14.4 Å². The molecule has 0 bridgehead atoms. The first kappa shape index (κ1) is 11.8. The van der Waals surface area contributed by atoms with Gasteiger partial charge in [0.2, 0.25) is 0 Å². The van der Waals surface area contributed by atoms with Gasteiger partial charge in [0.05, 0.1) is 11.7 Å². The third-order valence-corrected chi connectivity index (χ3v) is 3.19. The highest BCUT2D eigenvalue weighted by atomic mass is 16.7. The van der Waals surface area contributed by atoms with Crippen molar-refractivity contribution >= 4 is 5.91 Å². The zero-order valence-corrected chi connectivity index (χ0v) is 9.75. The molecule has 0 radical (unpaired) electrons. The minimum atomic E-state index is -0.194. The molecule has 1 aliphatic carbocycles. The van der Waals surface area contributed by atoms with Crippen molar-refractivity contribution in [2.45, 2.75) is 44.3 Å². The van der Waals surface area contributed by atoms with Gasteiger partial charge in [-0.1, -0.05) is 12.8 Å². The highest BCUT2D eigenvalue weighted by Gasteiger charge is 2.33. The van der Waals surface area contributed by atoms with Gasteiger partial charge in [-0.25, -0.2) is 5.48 Å². The molecule has 92 valence electrons. The van der Waals surface area contributed by atoms with Crippen LogP contribution in [0.3, 0.4) is 0 Å². The first-order valence-electron chi connectivity index (χ1n) is 5.97. The molecule has 1 heterocycles. The molecule has 1 saturated heterocycles. The first-order valence-corrected chi connectivity index (χ1v) is 5.97. The molecular formula is C11H20N2O3. The predicted molar refractivity (Wildman–Crippen MR) is 58.7 cm³/mol. The summed E-state index contributed by atoms with van der Waals surface area (Å²) in [6.07, 6.45) is 4.68. The van der Waals surface area contributed by atoms with Crippen molar-refractivity contribution in [1.29, 1.82) is 0 Å². The molecule has 5 heteroatoms. The van der Waals surface area contributed by atoms with Crippen molar-refractivity contribution in [3.8, 4) is 0 Å². The number of hydrogen-bond acceptors (Lipinski definition) is 4. The summed E-state index contributed by atoms with van der Waals surface area (Å²) >= 11 is 0. The Kier molecular flexibility index (Phi) is 3.78. The van der Waals surface area contributed by atoms with Gasteiger partial charge in [0, 0.05) is 13.1 Å². The maximum Gasteiger partial charge on any atom is 0.269 e. The van der Waals surface area contributed by atoms with Gasteiger partial charge in [0.15, 0.2) is 0 Å². The number of hydrogen-bond donors (Lipinski definition) is 2. The molecule has 2 N–H and O–H groups in total. The Balaban J connectivity index is 1.57. The topological polar surface area (TPSA) is 59.6 Å². The molecule has 1 amide bonds. The fraction of sp³-hybridized carbons (Fsp3) is 0.909. The summed E-state index contributed by atoms with van der Waals surface area (Å²) < 4.78 is 5.49. The van der Waals surface area contributed by atoms with E-state index in [9.17, 15) is 4.79 Å². The molecule has 0 unspecified atom stereocenters. The molecule has 0 aromatic heterocycles. The summed E-state index contributed by atoms with van der Waals surface area (Å²) in [6, 6.07) is 0. The van der Waals surface area contributed by atoms with E-state index < -0.39 is 0 Å². The predicted octanol–water partition coefficient (Wildman–Crippen LogP) is 0.355. The summed E-state index contributed by atoms with van der Waals surface area (Å²) in [5.74, 6) is -0.194. The summed E-state index contributed by atoms with van der Waals surface area (Å²) in [4.78, 5) is 16.7. The van der Waals surface area contributed by atoms with E-state index in [1.807, 2.05) is 6.92 Å². The molecule has 0 aromatic carbocycles. The van der Waals surface area contributed by atoms with Gasteiger partial charge in [-0.15, -0.1) is 0 Å². The standard InChI is InChI=1S/C11H20N2O3/c1-11(7-12-8-11)15-6-10(14)13-16-9-4-2-3-5-9/h9,12H,2-8H2,1H3,(H,13,14). The molecular weight excluding hydrogens is 208 g/mol. The van der Waals surface area contributed by atoms with Crippen LogP contribution in [0.15, 0.2) is 0 Å². The molecule has 1 saturated carbocycles. The van der Waals surface area contributed by atoms with Crippen LogP contribution in [-0.2, 0) is 14.4 Å². The summed E-state index contributed by atoms with van der Waals surface area (Å²) in [5, 5.41) is 3.11. The molecule has 2 aliphatic rings. The minimum absolute atomic E-state index is 0.0743. The van der Waals surface area contributed by atoms with Crippen molar-refractivity contribution in [1.82, 2.24) is 10.8 Å². The van der Waals surface area contributed by atoms with E-state index in [1.165, 1.54) is 12.8 Å². The third kappa shape index (κ3) is 3.17. The molecule has 1 aliphatic heterocycles. The zero-order chi connectivity index (χ0) is 11.4. The van der Waals surface area contributed by atoms with Crippen LogP contribution in [0.4, 0.5) is 0 Å². The Labute approximate surface area is 95.8 Å². The molecule has 0 aromatic rings. The monoisotopic (exact) mass is 228 g/mol. The Morgan fingerprint density at radius 2 is 2.12 bits per heavy atom. The first-order chi connectivity index (χ1) is 7.68. The van der Waals surface area contributed by atoms with Crippen LogP contribution in [0.5, 0.6) is 0 Å². The van der Waals surface area contributed by atoms with Crippen LogP contribution in [0.1, 0.15) is 32.6 Å². The number of ether oxygens (including phenoxy) is 1. The SMILES string of the molecule is CC1(OCC(=O)NOC2CCCC2)CNC1. The minimum Gasteiger partial charge on any atom is -0.363 e. The highest BCUT2D eigenvalue weighted by Crippen LogP contribution is 2.20. The van der Waals surface area contributed by atoms with Crippen LogP contribution in [0.25, 0.3) is 0 Å². The van der Waals surface area contributed by atoms with E-state index in [4.69, 9.17) is 9.57 Å². The van der Waals surface area contributed by atoms with Gasteiger partial charge in [-0.2, -0.15) is 0 Å². The second kappa shape index (κ2) is 5.12. The molecule has 2 fully saturated rings. The van der Waals surface area contributed by atoms with Gasteiger partial charge >= 0.3 is 0 Å². The number of carbonyl (C=O) groups is 1. The van der Waals surface area contributed by atoms with Gasteiger partial charge in [-0.05, 0) is 19.8 Å². The molecule has 0 atom stereocenters. The molecule has 5 nitrogen and oxygen atoms in total. The smallest absolute Gasteiger partial charge is 0.269 e. The van der Waals surface area contributed by atoms with E-state index in [0.29, 0.717) is 0 Å². The Morgan fingerprint density at radius 1 is 1.44 bits per heavy atom. The fourth-order valence-electron chi connectivity index (χ4n) is 2.00. The zero-order valence-electron chi connectivity index (χ0n) is 9.75. The van der Waals surface area contributed by atoms with Crippen LogP contribution < -0.4 is 10.8 Å². The third-order valence-electron chi connectivity index (χ3n) is 3.19. The van der Waals surface area contributed by atoms with Crippen LogP contribution in [-0.4, -0.2) is 37.3 Å². The van der Waals surface area contributed by atoms with E-state index in [2.05, 4.69) is 10.8 Å². The van der Waals surface area contributed by atoms with E-state index in [0.717, 1.165) is 25.9 Å². The summed E-state index contributed by atoms with van der Waals surface area (Å²) in [5.41, 5.74) is 2.29. The Bertz CT molecular complexity index is 248.